The maximum absolute atomic E-state index is 9.64. The fourth-order valence-corrected chi connectivity index (χ4v) is 2.35. The third-order valence-electron chi connectivity index (χ3n) is 3.19. The molecule has 1 aliphatic rings. The first-order valence-corrected chi connectivity index (χ1v) is 6.81. The molecule has 0 amide bonds. The molecule has 0 unspecified atom stereocenters. The number of piperidine rings is 1. The minimum Gasteiger partial charge on any atom is -0.508 e. The number of aryl methyl sites for hydroxylation is 1. The Morgan fingerprint density at radius 2 is 1.78 bits per heavy atom. The summed E-state index contributed by atoms with van der Waals surface area (Å²) in [6, 6.07) is 3.49. The Bertz CT molecular complexity index is 396. The van der Waals surface area contributed by atoms with Gasteiger partial charge in [-0.1, -0.05) is 13.8 Å². The highest BCUT2D eigenvalue weighted by atomic mass is 16.3. The lowest BCUT2D eigenvalue weighted by Gasteiger charge is -2.30. The number of nitrogens with one attached hydrogen (secondary N) is 1. The Morgan fingerprint density at radius 1 is 1.17 bits per heavy atom. The second kappa shape index (κ2) is 7.04. The number of nitrogens with zero attached hydrogens (tertiary/aromatic N) is 1. The van der Waals surface area contributed by atoms with Crippen molar-refractivity contribution in [3.05, 3.63) is 23.3 Å². The largest absolute Gasteiger partial charge is 0.508 e. The van der Waals surface area contributed by atoms with Gasteiger partial charge in [-0.2, -0.15) is 0 Å². The summed E-state index contributed by atoms with van der Waals surface area (Å²) < 4.78 is 0. The van der Waals surface area contributed by atoms with Gasteiger partial charge < -0.3 is 15.4 Å². The molecule has 18 heavy (non-hydrogen) atoms. The zero-order valence-electron chi connectivity index (χ0n) is 11.7. The molecule has 1 aromatic carbocycles. The van der Waals surface area contributed by atoms with Crippen molar-refractivity contribution in [1.29, 1.82) is 5.41 Å². The molecule has 3 heteroatoms. The average molecular weight is 248 g/mol. The van der Waals surface area contributed by atoms with Gasteiger partial charge in [-0.05, 0) is 37.8 Å². The quantitative estimate of drug-likeness (QED) is 0.784. The Balaban J connectivity index is 0.000000771. The van der Waals surface area contributed by atoms with Crippen LogP contribution in [0, 0.1) is 12.3 Å². The Labute approximate surface area is 110 Å². The van der Waals surface area contributed by atoms with E-state index in [0.717, 1.165) is 29.9 Å². The van der Waals surface area contributed by atoms with E-state index in [9.17, 15) is 5.11 Å². The molecule has 0 atom stereocenters. The fraction of sp³-hybridized carbons (Fsp3) is 0.533. The van der Waals surface area contributed by atoms with Crippen molar-refractivity contribution in [2.45, 2.75) is 40.0 Å². The number of phenolic OH excluding ortho intramolecular Hbond substituents is 1. The molecule has 1 saturated heterocycles. The van der Waals surface area contributed by atoms with Crippen LogP contribution in [0.4, 0.5) is 5.69 Å². The average Bonchev–Trinajstić information content (AvgIpc) is 2.41. The van der Waals surface area contributed by atoms with E-state index in [-0.39, 0.29) is 0 Å². The predicted octanol–water partition coefficient (Wildman–Crippen LogP) is 3.71. The van der Waals surface area contributed by atoms with E-state index in [1.54, 1.807) is 12.1 Å². The van der Waals surface area contributed by atoms with Gasteiger partial charge in [0.15, 0.2) is 0 Å². The lowest BCUT2D eigenvalue weighted by Crippen LogP contribution is -2.30. The van der Waals surface area contributed by atoms with Gasteiger partial charge >= 0.3 is 0 Å². The van der Waals surface area contributed by atoms with Crippen molar-refractivity contribution in [3.8, 4) is 5.75 Å². The minimum absolute atomic E-state index is 0.295. The molecule has 0 spiro atoms. The number of anilines is 1. The number of hydrogen-bond donors (Lipinski definition) is 2. The summed E-state index contributed by atoms with van der Waals surface area (Å²) >= 11 is 0. The summed E-state index contributed by atoms with van der Waals surface area (Å²) in [5, 5.41) is 17.1. The molecule has 100 valence electrons. The number of benzene rings is 1. The normalized spacial score (nSPS) is 14.7. The van der Waals surface area contributed by atoms with Gasteiger partial charge in [0.05, 0.1) is 0 Å². The van der Waals surface area contributed by atoms with E-state index in [0.29, 0.717) is 5.75 Å². The highest BCUT2D eigenvalue weighted by molar-refractivity contribution is 5.88. The summed E-state index contributed by atoms with van der Waals surface area (Å²) in [6.07, 6.45) is 5.07. The van der Waals surface area contributed by atoms with Crippen LogP contribution in [0.2, 0.25) is 0 Å². The number of rotatable bonds is 2. The molecule has 1 aromatic rings. The van der Waals surface area contributed by atoms with Crippen molar-refractivity contribution in [1.82, 2.24) is 0 Å². The smallest absolute Gasteiger partial charge is 0.117 e. The molecule has 0 saturated carbocycles. The molecule has 2 rings (SSSR count). The Morgan fingerprint density at radius 3 is 2.33 bits per heavy atom. The lowest BCUT2D eigenvalue weighted by molar-refractivity contribution is 0.474. The van der Waals surface area contributed by atoms with Gasteiger partial charge in [0.1, 0.15) is 5.75 Å². The second-order valence-corrected chi connectivity index (χ2v) is 4.39. The highest BCUT2D eigenvalue weighted by Gasteiger charge is 2.15. The molecular weight excluding hydrogens is 224 g/mol. The highest BCUT2D eigenvalue weighted by Crippen LogP contribution is 2.29. The lowest BCUT2D eigenvalue weighted by atomic mass is 10.0. The minimum atomic E-state index is 0.295. The molecule has 0 bridgehead atoms. The molecule has 0 aliphatic carbocycles. The molecular formula is C15H24N2O. The first-order chi connectivity index (χ1) is 8.72. The number of aromatic hydroxyl groups is 1. The van der Waals surface area contributed by atoms with Crippen LogP contribution < -0.4 is 4.90 Å². The summed E-state index contributed by atoms with van der Waals surface area (Å²) in [7, 11) is 0. The van der Waals surface area contributed by atoms with E-state index >= 15 is 0 Å². The van der Waals surface area contributed by atoms with Crippen LogP contribution in [0.25, 0.3) is 0 Å². The van der Waals surface area contributed by atoms with Crippen LogP contribution in [-0.2, 0) is 0 Å². The van der Waals surface area contributed by atoms with Crippen LogP contribution in [-0.4, -0.2) is 24.4 Å². The predicted molar refractivity (Wildman–Crippen MR) is 78.1 cm³/mol. The van der Waals surface area contributed by atoms with Gasteiger partial charge in [-0.15, -0.1) is 0 Å². The maximum Gasteiger partial charge on any atom is 0.117 e. The SMILES string of the molecule is CC.Cc1cc(O)cc(N2CCCCC2)c1C=N. The maximum atomic E-state index is 9.64. The Kier molecular flexibility index (Phi) is 5.69. The molecule has 1 heterocycles. The van der Waals surface area contributed by atoms with Gasteiger partial charge in [0.25, 0.3) is 0 Å². The Hall–Kier alpha value is -1.51. The zero-order chi connectivity index (χ0) is 13.5. The zero-order valence-corrected chi connectivity index (χ0v) is 11.7. The molecule has 3 nitrogen and oxygen atoms in total. The van der Waals surface area contributed by atoms with Gasteiger partial charge in [0, 0.05) is 36.6 Å². The van der Waals surface area contributed by atoms with Crippen molar-refractivity contribution in [2.24, 2.45) is 0 Å². The summed E-state index contributed by atoms with van der Waals surface area (Å²) in [6.45, 7) is 8.00. The summed E-state index contributed by atoms with van der Waals surface area (Å²) in [5.74, 6) is 0.295. The third kappa shape index (κ3) is 3.25. The molecule has 1 fully saturated rings. The summed E-state index contributed by atoms with van der Waals surface area (Å²) in [4.78, 5) is 2.27. The number of hydrogen-bond acceptors (Lipinski definition) is 3. The third-order valence-corrected chi connectivity index (χ3v) is 3.19. The van der Waals surface area contributed by atoms with Gasteiger partial charge in [-0.25, -0.2) is 0 Å². The number of phenols is 1. The van der Waals surface area contributed by atoms with E-state index < -0.39 is 0 Å². The molecule has 0 radical (unpaired) electrons. The molecule has 0 aromatic heterocycles. The van der Waals surface area contributed by atoms with Gasteiger partial charge in [0.2, 0.25) is 0 Å². The van der Waals surface area contributed by atoms with Crippen molar-refractivity contribution in [3.63, 3.8) is 0 Å². The molecule has 2 N–H and O–H groups in total. The van der Waals surface area contributed by atoms with Crippen LogP contribution >= 0.6 is 0 Å². The van der Waals surface area contributed by atoms with Crippen LogP contribution in [0.15, 0.2) is 12.1 Å². The monoisotopic (exact) mass is 248 g/mol. The summed E-state index contributed by atoms with van der Waals surface area (Å²) in [5.41, 5.74) is 2.91. The van der Waals surface area contributed by atoms with Crippen LogP contribution in [0.5, 0.6) is 5.75 Å². The second-order valence-electron chi connectivity index (χ2n) is 4.39. The van der Waals surface area contributed by atoms with Crippen LogP contribution in [0.1, 0.15) is 44.2 Å². The van der Waals surface area contributed by atoms with E-state index in [2.05, 4.69) is 4.90 Å². The van der Waals surface area contributed by atoms with E-state index in [1.165, 1.54) is 25.5 Å². The fourth-order valence-electron chi connectivity index (χ4n) is 2.35. The first-order valence-electron chi connectivity index (χ1n) is 6.81. The van der Waals surface area contributed by atoms with E-state index in [4.69, 9.17) is 5.41 Å². The first kappa shape index (κ1) is 14.6. The molecule has 1 aliphatic heterocycles. The van der Waals surface area contributed by atoms with Crippen molar-refractivity contribution < 1.29 is 5.11 Å². The standard InChI is InChI=1S/C13H18N2O.C2H6/c1-10-7-11(16)8-13(12(10)9-14)15-5-3-2-4-6-15;1-2/h7-9,14,16H,2-6H2,1H3;1-2H3. The van der Waals surface area contributed by atoms with Crippen LogP contribution in [0.3, 0.4) is 0 Å². The van der Waals surface area contributed by atoms with Gasteiger partial charge in [-0.3, -0.25) is 0 Å². The van der Waals surface area contributed by atoms with Crippen molar-refractivity contribution >= 4 is 11.9 Å². The van der Waals surface area contributed by atoms with Crippen molar-refractivity contribution in [2.75, 3.05) is 18.0 Å². The van der Waals surface area contributed by atoms with E-state index in [1.807, 2.05) is 20.8 Å². The topological polar surface area (TPSA) is 47.3 Å².